The summed E-state index contributed by atoms with van der Waals surface area (Å²) in [4.78, 5) is 4.76. The van der Waals surface area contributed by atoms with Crippen molar-refractivity contribution in [2.75, 3.05) is 0 Å². The van der Waals surface area contributed by atoms with E-state index >= 15 is 0 Å². The van der Waals surface area contributed by atoms with E-state index < -0.39 is 0 Å². The molecule has 0 saturated heterocycles. The largest absolute Gasteiger partial charge is 0.337 e. The van der Waals surface area contributed by atoms with Crippen LogP contribution in [0.25, 0.3) is 11.3 Å². The summed E-state index contributed by atoms with van der Waals surface area (Å²) in [5.41, 5.74) is 3.86. The third-order valence-corrected chi connectivity index (χ3v) is 5.52. The number of thiophene rings is 1. The van der Waals surface area contributed by atoms with Crippen LogP contribution in [0, 0.1) is 4.77 Å². The van der Waals surface area contributed by atoms with Crippen molar-refractivity contribution < 1.29 is 0 Å². The van der Waals surface area contributed by atoms with Crippen LogP contribution < -0.4 is 0 Å². The van der Waals surface area contributed by atoms with Gasteiger partial charge in [-0.2, -0.15) is 0 Å². The van der Waals surface area contributed by atoms with E-state index in [0.29, 0.717) is 6.04 Å². The second kappa shape index (κ2) is 5.28. The van der Waals surface area contributed by atoms with Crippen molar-refractivity contribution in [3.63, 3.8) is 0 Å². The van der Waals surface area contributed by atoms with Crippen LogP contribution in [0.3, 0.4) is 0 Å². The van der Waals surface area contributed by atoms with E-state index in [9.17, 15) is 0 Å². The second-order valence-corrected chi connectivity index (χ2v) is 6.81. The highest BCUT2D eigenvalue weighted by Gasteiger charge is 2.25. The van der Waals surface area contributed by atoms with Gasteiger partial charge in [0.05, 0.1) is 11.7 Å². The molecule has 1 unspecified atom stereocenters. The molecule has 0 saturated carbocycles. The summed E-state index contributed by atoms with van der Waals surface area (Å²) in [7, 11) is 0. The molecule has 2 heterocycles. The molecule has 0 aliphatic heterocycles. The van der Waals surface area contributed by atoms with Crippen molar-refractivity contribution >= 4 is 23.6 Å². The van der Waals surface area contributed by atoms with Gasteiger partial charge in [-0.25, -0.2) is 0 Å². The second-order valence-electron chi connectivity index (χ2n) is 5.42. The Morgan fingerprint density at radius 2 is 2.05 bits per heavy atom. The molecule has 0 fully saturated rings. The van der Waals surface area contributed by atoms with Crippen molar-refractivity contribution in [2.45, 2.75) is 25.3 Å². The van der Waals surface area contributed by atoms with Crippen molar-refractivity contribution in [1.82, 2.24) is 9.55 Å². The van der Waals surface area contributed by atoms with E-state index in [4.69, 9.17) is 12.2 Å². The molecular weight excluding hydrogens is 296 g/mol. The zero-order valence-corrected chi connectivity index (χ0v) is 13.2. The highest BCUT2D eigenvalue weighted by atomic mass is 32.1. The molecule has 1 aliphatic rings. The number of rotatable bonds is 2. The van der Waals surface area contributed by atoms with Gasteiger partial charge in [-0.15, -0.1) is 11.3 Å². The third kappa shape index (κ3) is 2.19. The summed E-state index contributed by atoms with van der Waals surface area (Å²) in [5, 5.41) is 2.21. The predicted molar refractivity (Wildman–Crippen MR) is 90.4 cm³/mol. The summed E-state index contributed by atoms with van der Waals surface area (Å²) >= 11 is 7.44. The molecule has 0 bridgehead atoms. The number of nitrogens with zero attached hydrogens (tertiary/aromatic N) is 1. The van der Waals surface area contributed by atoms with Crippen LogP contribution in [0.4, 0.5) is 0 Å². The highest BCUT2D eigenvalue weighted by molar-refractivity contribution is 7.71. The number of imidazole rings is 1. The fourth-order valence-corrected chi connectivity index (χ4v) is 4.52. The van der Waals surface area contributed by atoms with E-state index in [1.165, 1.54) is 34.5 Å². The molecule has 0 amide bonds. The molecule has 21 heavy (non-hydrogen) atoms. The first-order valence-corrected chi connectivity index (χ1v) is 8.55. The van der Waals surface area contributed by atoms with Gasteiger partial charge in [-0.3, -0.25) is 0 Å². The monoisotopic (exact) mass is 312 g/mol. The predicted octanol–water partition coefficient (Wildman–Crippen LogP) is 5.20. The third-order valence-electron chi connectivity index (χ3n) is 4.21. The minimum atomic E-state index is 0.369. The van der Waals surface area contributed by atoms with Crippen LogP contribution in [0.5, 0.6) is 0 Å². The first kappa shape index (κ1) is 13.0. The highest BCUT2D eigenvalue weighted by Crippen LogP contribution is 2.38. The molecule has 4 heteroatoms. The van der Waals surface area contributed by atoms with E-state index in [-0.39, 0.29) is 0 Å². The van der Waals surface area contributed by atoms with Crippen molar-refractivity contribution in [2.24, 2.45) is 0 Å². The number of H-pyrrole nitrogens is 1. The van der Waals surface area contributed by atoms with Gasteiger partial charge in [0.15, 0.2) is 4.77 Å². The van der Waals surface area contributed by atoms with Crippen LogP contribution in [-0.4, -0.2) is 9.55 Å². The lowest BCUT2D eigenvalue weighted by atomic mass is 9.93. The molecule has 3 aromatic rings. The maximum absolute atomic E-state index is 5.57. The molecule has 1 aliphatic carbocycles. The van der Waals surface area contributed by atoms with Gasteiger partial charge in [0.25, 0.3) is 0 Å². The number of aromatic nitrogens is 2. The average molecular weight is 312 g/mol. The number of aromatic amines is 1. The lowest BCUT2D eigenvalue weighted by molar-refractivity contribution is 0.494. The van der Waals surface area contributed by atoms with Crippen LogP contribution in [0.15, 0.2) is 48.0 Å². The summed E-state index contributed by atoms with van der Waals surface area (Å²) < 4.78 is 3.12. The maximum atomic E-state index is 5.57. The van der Waals surface area contributed by atoms with Gasteiger partial charge in [-0.05, 0) is 54.1 Å². The zero-order valence-electron chi connectivity index (χ0n) is 11.6. The molecular formula is C17H16N2S2. The van der Waals surface area contributed by atoms with E-state index in [0.717, 1.165) is 11.2 Å². The van der Waals surface area contributed by atoms with Gasteiger partial charge >= 0.3 is 0 Å². The molecule has 0 spiro atoms. The Labute approximate surface area is 133 Å². The normalized spacial score (nSPS) is 17.6. The Bertz CT molecular complexity index is 811. The van der Waals surface area contributed by atoms with Gasteiger partial charge < -0.3 is 9.55 Å². The Kier molecular flexibility index (Phi) is 3.28. The lowest BCUT2D eigenvalue weighted by Crippen LogP contribution is -2.16. The van der Waals surface area contributed by atoms with E-state index in [1.807, 2.05) is 23.6 Å². The summed E-state index contributed by atoms with van der Waals surface area (Å²) in [6.07, 6.45) is 5.65. The standard InChI is InChI=1S/C17H16N2S2/c20-17-18-11-15(12-5-2-1-3-6-12)19(17)14-7-4-8-16-13(14)9-10-21-16/h1-3,5-6,9-11,14H,4,7-8H2,(H,18,20). The molecule has 0 radical (unpaired) electrons. The summed E-state index contributed by atoms with van der Waals surface area (Å²) in [6, 6.07) is 13.1. The first-order chi connectivity index (χ1) is 10.3. The Balaban J connectivity index is 1.88. The van der Waals surface area contributed by atoms with Crippen LogP contribution in [-0.2, 0) is 6.42 Å². The maximum Gasteiger partial charge on any atom is 0.178 e. The van der Waals surface area contributed by atoms with E-state index in [1.54, 1.807) is 0 Å². The molecule has 1 atom stereocenters. The molecule has 106 valence electrons. The molecule has 1 aromatic carbocycles. The minimum absolute atomic E-state index is 0.369. The molecule has 1 N–H and O–H groups in total. The summed E-state index contributed by atoms with van der Waals surface area (Å²) in [5.74, 6) is 0. The van der Waals surface area contributed by atoms with Crippen molar-refractivity contribution in [3.8, 4) is 11.3 Å². The number of hydrogen-bond donors (Lipinski definition) is 1. The zero-order chi connectivity index (χ0) is 14.2. The van der Waals surface area contributed by atoms with E-state index in [2.05, 4.69) is 45.3 Å². The van der Waals surface area contributed by atoms with Crippen LogP contribution in [0.1, 0.15) is 29.3 Å². The van der Waals surface area contributed by atoms with Gasteiger partial charge in [0.1, 0.15) is 0 Å². The summed E-state index contributed by atoms with van der Waals surface area (Å²) in [6.45, 7) is 0. The number of nitrogens with one attached hydrogen (secondary N) is 1. The fraction of sp³-hybridized carbons (Fsp3) is 0.235. The van der Waals surface area contributed by atoms with Gasteiger partial charge in [0, 0.05) is 11.1 Å². The lowest BCUT2D eigenvalue weighted by Gasteiger charge is -2.25. The minimum Gasteiger partial charge on any atom is -0.337 e. The van der Waals surface area contributed by atoms with Gasteiger partial charge in [0.2, 0.25) is 0 Å². The van der Waals surface area contributed by atoms with Crippen LogP contribution >= 0.6 is 23.6 Å². The Hall–Kier alpha value is -1.65. The Morgan fingerprint density at radius 1 is 1.19 bits per heavy atom. The number of hydrogen-bond acceptors (Lipinski definition) is 2. The topological polar surface area (TPSA) is 20.7 Å². The van der Waals surface area contributed by atoms with Gasteiger partial charge in [-0.1, -0.05) is 30.3 Å². The van der Waals surface area contributed by atoms with Crippen molar-refractivity contribution in [3.05, 3.63) is 63.2 Å². The fourth-order valence-electron chi connectivity index (χ4n) is 3.25. The van der Waals surface area contributed by atoms with Crippen molar-refractivity contribution in [1.29, 1.82) is 0 Å². The quantitative estimate of drug-likeness (QED) is 0.645. The molecule has 4 rings (SSSR count). The SMILES string of the molecule is S=c1[nH]cc(-c2ccccc2)n1C1CCCc2sccc21. The first-order valence-electron chi connectivity index (χ1n) is 7.26. The number of benzene rings is 1. The Morgan fingerprint density at radius 3 is 2.90 bits per heavy atom. The molecule has 2 nitrogen and oxygen atoms in total. The smallest absolute Gasteiger partial charge is 0.178 e. The number of aryl methyl sites for hydroxylation is 1. The van der Waals surface area contributed by atoms with Crippen LogP contribution in [0.2, 0.25) is 0 Å². The number of fused-ring (bicyclic) bond motifs is 1. The average Bonchev–Trinajstić information content (AvgIpc) is 3.14. The molecule has 2 aromatic heterocycles.